The molecule has 1 unspecified atom stereocenters. The first-order valence-corrected chi connectivity index (χ1v) is 6.68. The molecule has 0 aromatic heterocycles. The lowest BCUT2D eigenvalue weighted by Crippen LogP contribution is -2.28. The normalized spacial score (nSPS) is 12.2. The number of ether oxygens (including phenoxy) is 1. The Kier molecular flexibility index (Phi) is 4.57. The fourth-order valence-corrected chi connectivity index (χ4v) is 2.43. The van der Waals surface area contributed by atoms with Crippen molar-refractivity contribution in [1.29, 1.82) is 0 Å². The Labute approximate surface area is 120 Å². The Bertz CT molecular complexity index is 513. The van der Waals surface area contributed by atoms with E-state index in [4.69, 9.17) is 10.6 Å². The highest BCUT2D eigenvalue weighted by atomic mass is 127. The van der Waals surface area contributed by atoms with Crippen LogP contribution in [0.4, 0.5) is 0 Å². The summed E-state index contributed by atoms with van der Waals surface area (Å²) < 4.78 is 6.35. The van der Waals surface area contributed by atoms with Crippen molar-refractivity contribution in [1.82, 2.24) is 5.43 Å². The molecule has 0 spiro atoms. The molecule has 3 N–H and O–H groups in total. The number of nitrogens with two attached hydrogens (primary N) is 1. The monoisotopic (exact) mass is 354 g/mol. The van der Waals surface area contributed by atoms with Gasteiger partial charge in [0.2, 0.25) is 0 Å². The molecule has 94 valence electrons. The van der Waals surface area contributed by atoms with E-state index in [1.54, 1.807) is 7.11 Å². The van der Waals surface area contributed by atoms with Crippen LogP contribution in [0, 0.1) is 3.57 Å². The Morgan fingerprint density at radius 1 is 1.11 bits per heavy atom. The third kappa shape index (κ3) is 3.01. The van der Waals surface area contributed by atoms with Crippen LogP contribution in [0.1, 0.15) is 17.2 Å². The smallest absolute Gasteiger partial charge is 0.118 e. The molecule has 0 radical (unpaired) electrons. The molecule has 2 aromatic carbocycles. The Morgan fingerprint density at radius 2 is 1.83 bits per heavy atom. The number of halogens is 1. The van der Waals surface area contributed by atoms with Crippen LogP contribution < -0.4 is 16.0 Å². The van der Waals surface area contributed by atoms with Crippen molar-refractivity contribution in [3.63, 3.8) is 0 Å². The van der Waals surface area contributed by atoms with Crippen LogP contribution in [0.2, 0.25) is 0 Å². The van der Waals surface area contributed by atoms with Crippen molar-refractivity contribution >= 4 is 22.6 Å². The molecule has 0 bridgehead atoms. The lowest BCUT2D eigenvalue weighted by atomic mass is 9.99. The third-order valence-corrected chi connectivity index (χ3v) is 3.47. The van der Waals surface area contributed by atoms with Gasteiger partial charge in [-0.15, -0.1) is 0 Å². The van der Waals surface area contributed by atoms with Crippen molar-refractivity contribution in [2.45, 2.75) is 6.04 Å². The molecular formula is C14H15IN2O. The van der Waals surface area contributed by atoms with Gasteiger partial charge in [0.05, 0.1) is 13.2 Å². The highest BCUT2D eigenvalue weighted by molar-refractivity contribution is 14.1. The summed E-state index contributed by atoms with van der Waals surface area (Å²) in [5.74, 6) is 6.52. The van der Waals surface area contributed by atoms with Crippen molar-refractivity contribution < 1.29 is 4.74 Å². The predicted octanol–water partition coefficient (Wildman–Crippen LogP) is 2.85. The van der Waals surface area contributed by atoms with Gasteiger partial charge in [-0.1, -0.05) is 24.3 Å². The SMILES string of the molecule is COc1ccc(C(NN)c2cccc(I)c2)cc1. The lowest BCUT2D eigenvalue weighted by molar-refractivity contribution is 0.414. The molecule has 0 aliphatic carbocycles. The van der Waals surface area contributed by atoms with E-state index in [9.17, 15) is 0 Å². The molecule has 0 saturated heterocycles. The largest absolute Gasteiger partial charge is 0.497 e. The van der Waals surface area contributed by atoms with E-state index in [1.165, 1.54) is 3.57 Å². The number of hydrogen-bond donors (Lipinski definition) is 2. The minimum atomic E-state index is -0.00868. The van der Waals surface area contributed by atoms with Gasteiger partial charge in [0.25, 0.3) is 0 Å². The van der Waals surface area contributed by atoms with Gasteiger partial charge in [-0.05, 0) is 58.0 Å². The van der Waals surface area contributed by atoms with E-state index >= 15 is 0 Å². The van der Waals surface area contributed by atoms with E-state index in [-0.39, 0.29) is 6.04 Å². The Morgan fingerprint density at radius 3 is 2.39 bits per heavy atom. The van der Waals surface area contributed by atoms with Crippen molar-refractivity contribution in [2.24, 2.45) is 5.84 Å². The molecule has 3 nitrogen and oxygen atoms in total. The van der Waals surface area contributed by atoms with Gasteiger partial charge in [0.15, 0.2) is 0 Å². The van der Waals surface area contributed by atoms with Crippen LogP contribution in [-0.2, 0) is 0 Å². The van der Waals surface area contributed by atoms with Crippen LogP contribution >= 0.6 is 22.6 Å². The summed E-state index contributed by atoms with van der Waals surface area (Å²) in [6.45, 7) is 0. The number of rotatable bonds is 4. The zero-order valence-corrected chi connectivity index (χ0v) is 12.2. The number of hydrogen-bond acceptors (Lipinski definition) is 3. The highest BCUT2D eigenvalue weighted by Crippen LogP contribution is 2.24. The molecule has 0 fully saturated rings. The van der Waals surface area contributed by atoms with E-state index < -0.39 is 0 Å². The minimum absolute atomic E-state index is 0.00868. The van der Waals surface area contributed by atoms with Crippen molar-refractivity contribution in [3.05, 3.63) is 63.2 Å². The van der Waals surface area contributed by atoms with Gasteiger partial charge in [-0.25, -0.2) is 5.43 Å². The fraction of sp³-hybridized carbons (Fsp3) is 0.143. The number of benzene rings is 2. The maximum Gasteiger partial charge on any atom is 0.118 e. The molecule has 1 atom stereocenters. The topological polar surface area (TPSA) is 47.3 Å². The van der Waals surface area contributed by atoms with Gasteiger partial charge >= 0.3 is 0 Å². The van der Waals surface area contributed by atoms with Crippen LogP contribution in [-0.4, -0.2) is 7.11 Å². The second-order valence-electron chi connectivity index (χ2n) is 3.93. The summed E-state index contributed by atoms with van der Waals surface area (Å²) in [4.78, 5) is 0. The molecule has 0 aliphatic heterocycles. The van der Waals surface area contributed by atoms with Gasteiger partial charge in [0, 0.05) is 3.57 Å². The van der Waals surface area contributed by atoms with Crippen molar-refractivity contribution in [3.8, 4) is 5.75 Å². The second-order valence-corrected chi connectivity index (χ2v) is 5.17. The Balaban J connectivity index is 2.32. The highest BCUT2D eigenvalue weighted by Gasteiger charge is 2.12. The molecular weight excluding hydrogens is 339 g/mol. The summed E-state index contributed by atoms with van der Waals surface area (Å²) in [6, 6.07) is 16.2. The lowest BCUT2D eigenvalue weighted by Gasteiger charge is -2.17. The first kappa shape index (κ1) is 13.3. The number of hydrazine groups is 1. The summed E-state index contributed by atoms with van der Waals surface area (Å²) in [5, 5.41) is 0. The fourth-order valence-electron chi connectivity index (χ4n) is 1.87. The first-order valence-electron chi connectivity index (χ1n) is 5.60. The van der Waals surface area contributed by atoms with E-state index in [1.807, 2.05) is 30.3 Å². The zero-order chi connectivity index (χ0) is 13.0. The molecule has 0 heterocycles. The van der Waals surface area contributed by atoms with Crippen LogP contribution in [0.25, 0.3) is 0 Å². The third-order valence-electron chi connectivity index (χ3n) is 2.80. The molecule has 0 aliphatic rings. The van der Waals surface area contributed by atoms with Crippen LogP contribution in [0.3, 0.4) is 0 Å². The molecule has 2 rings (SSSR count). The molecule has 0 saturated carbocycles. The molecule has 4 heteroatoms. The standard InChI is InChI=1S/C14H15IN2O/c1-18-13-7-5-10(6-8-13)14(17-16)11-3-2-4-12(15)9-11/h2-9,14,17H,16H2,1H3. The average molecular weight is 354 g/mol. The van der Waals surface area contributed by atoms with Gasteiger partial charge < -0.3 is 4.74 Å². The minimum Gasteiger partial charge on any atom is -0.497 e. The molecule has 18 heavy (non-hydrogen) atoms. The summed E-state index contributed by atoms with van der Waals surface area (Å²) in [7, 11) is 1.66. The maximum atomic E-state index is 5.67. The second kappa shape index (κ2) is 6.17. The summed E-state index contributed by atoms with van der Waals surface area (Å²) in [6.07, 6.45) is 0. The van der Waals surface area contributed by atoms with Crippen LogP contribution in [0.15, 0.2) is 48.5 Å². The zero-order valence-electron chi connectivity index (χ0n) is 10.1. The summed E-state index contributed by atoms with van der Waals surface area (Å²) >= 11 is 2.30. The molecule has 0 amide bonds. The van der Waals surface area contributed by atoms with Gasteiger partial charge in [0.1, 0.15) is 5.75 Å². The van der Waals surface area contributed by atoms with Gasteiger partial charge in [-0.3, -0.25) is 5.84 Å². The average Bonchev–Trinajstić information content (AvgIpc) is 2.40. The van der Waals surface area contributed by atoms with E-state index in [0.29, 0.717) is 0 Å². The summed E-state index contributed by atoms with van der Waals surface area (Å²) in [5.41, 5.74) is 5.11. The molecule has 2 aromatic rings. The quantitative estimate of drug-likeness (QED) is 0.504. The Hall–Kier alpha value is -1.11. The first-order chi connectivity index (χ1) is 8.74. The van der Waals surface area contributed by atoms with E-state index in [0.717, 1.165) is 16.9 Å². The predicted molar refractivity (Wildman–Crippen MR) is 81.3 cm³/mol. The number of nitrogens with one attached hydrogen (secondary N) is 1. The van der Waals surface area contributed by atoms with Crippen molar-refractivity contribution in [2.75, 3.05) is 7.11 Å². The number of methoxy groups -OCH3 is 1. The maximum absolute atomic E-state index is 5.67. The van der Waals surface area contributed by atoms with Crippen LogP contribution in [0.5, 0.6) is 5.75 Å². The van der Waals surface area contributed by atoms with Gasteiger partial charge in [-0.2, -0.15) is 0 Å². The van der Waals surface area contributed by atoms with E-state index in [2.05, 4.69) is 46.2 Å².